The summed E-state index contributed by atoms with van der Waals surface area (Å²) in [5.41, 5.74) is 4.15. The van der Waals surface area contributed by atoms with Crippen LogP contribution in [0.3, 0.4) is 0 Å². The summed E-state index contributed by atoms with van der Waals surface area (Å²) in [4.78, 5) is 14.0. The second-order valence-electron chi connectivity index (χ2n) is 9.58. The van der Waals surface area contributed by atoms with E-state index in [1.165, 1.54) is 10.6 Å². The second kappa shape index (κ2) is 10.5. The van der Waals surface area contributed by atoms with Gasteiger partial charge in [0.15, 0.2) is 0 Å². The first-order chi connectivity index (χ1) is 18.2. The molecule has 2 aromatic carbocycles. The average Bonchev–Trinajstić information content (AvgIpc) is 3.30. The first-order valence-electron chi connectivity index (χ1n) is 12.4. The van der Waals surface area contributed by atoms with Crippen LogP contribution >= 0.6 is 0 Å². The first kappa shape index (κ1) is 25.8. The van der Waals surface area contributed by atoms with Crippen LogP contribution in [0.15, 0.2) is 60.9 Å². The Bertz CT molecular complexity index is 1550. The maximum absolute atomic E-state index is 12.2. The van der Waals surface area contributed by atoms with E-state index in [4.69, 9.17) is 9.72 Å². The third kappa shape index (κ3) is 5.39. The molecule has 0 atom stereocenters. The number of hydrogen-bond acceptors (Lipinski definition) is 8. The number of methoxy groups -OCH3 is 1. The van der Waals surface area contributed by atoms with E-state index >= 15 is 0 Å². The van der Waals surface area contributed by atoms with Gasteiger partial charge in [0, 0.05) is 62.8 Å². The van der Waals surface area contributed by atoms with Gasteiger partial charge in [-0.15, -0.1) is 0 Å². The fraction of sp³-hybridized carbons (Fsp3) is 0.333. The van der Waals surface area contributed by atoms with Crippen LogP contribution in [0.4, 0.5) is 23.0 Å². The molecule has 38 heavy (non-hydrogen) atoms. The molecule has 11 heteroatoms. The molecule has 1 saturated heterocycles. The van der Waals surface area contributed by atoms with Crippen LogP contribution in [-0.4, -0.2) is 81.5 Å². The minimum absolute atomic E-state index is 0.449. The molecular weight excluding hydrogens is 502 g/mol. The second-order valence-corrected chi connectivity index (χ2v) is 11.6. The first-order valence-corrected chi connectivity index (χ1v) is 14.3. The monoisotopic (exact) mass is 535 g/mol. The number of fused-ring (bicyclic) bond motifs is 1. The molecule has 0 saturated carbocycles. The maximum Gasteiger partial charge on any atom is 0.232 e. The standard InChI is InChI=1S/C27H33N7O3S/c1-31-13-15-33(16-14-31)22-9-10-23(25(17-22)37-3)29-27-28-18-20-11-12-34(26(20)30-27)19-21-7-5-6-8-24(21)32(2)38(4,35)36/h5-12,17-18H,13-16,19H2,1-4H3,(H,28,29,30). The molecule has 0 spiro atoms. The summed E-state index contributed by atoms with van der Waals surface area (Å²) in [5, 5.41) is 4.20. The number of benzene rings is 2. The van der Waals surface area contributed by atoms with E-state index in [0.717, 1.165) is 59.9 Å². The molecule has 0 bridgehead atoms. The van der Waals surface area contributed by atoms with Crippen molar-refractivity contribution in [1.82, 2.24) is 19.4 Å². The van der Waals surface area contributed by atoms with Crippen molar-refractivity contribution in [2.24, 2.45) is 0 Å². The lowest BCUT2D eigenvalue weighted by atomic mass is 10.2. The Morgan fingerprint density at radius 1 is 1.08 bits per heavy atom. The Balaban J connectivity index is 1.40. The highest BCUT2D eigenvalue weighted by molar-refractivity contribution is 7.92. The van der Waals surface area contributed by atoms with Gasteiger partial charge in [-0.05, 0) is 36.9 Å². The minimum Gasteiger partial charge on any atom is -0.494 e. The lowest BCUT2D eigenvalue weighted by Crippen LogP contribution is -2.44. The van der Waals surface area contributed by atoms with Gasteiger partial charge in [0.2, 0.25) is 16.0 Å². The summed E-state index contributed by atoms with van der Waals surface area (Å²) in [6.45, 7) is 4.48. The van der Waals surface area contributed by atoms with Crippen molar-refractivity contribution < 1.29 is 13.2 Å². The third-order valence-corrected chi connectivity index (χ3v) is 8.16. The number of anilines is 4. The number of likely N-dealkylation sites (N-methyl/N-ethyl adjacent to an activating group) is 1. The van der Waals surface area contributed by atoms with E-state index in [2.05, 4.69) is 33.2 Å². The molecule has 0 unspecified atom stereocenters. The Hall–Kier alpha value is -3.83. The number of nitrogens with zero attached hydrogens (tertiary/aromatic N) is 6. The van der Waals surface area contributed by atoms with E-state index in [1.807, 2.05) is 53.2 Å². The molecule has 1 aliphatic heterocycles. The molecule has 1 fully saturated rings. The van der Waals surface area contributed by atoms with Gasteiger partial charge in [0.05, 0.1) is 31.3 Å². The number of para-hydroxylation sites is 1. The number of nitrogens with one attached hydrogen (secondary N) is 1. The summed E-state index contributed by atoms with van der Waals surface area (Å²) in [6.07, 6.45) is 4.92. The molecule has 1 aliphatic rings. The number of rotatable bonds is 8. The van der Waals surface area contributed by atoms with E-state index in [0.29, 0.717) is 18.2 Å². The molecule has 5 rings (SSSR count). The highest BCUT2D eigenvalue weighted by Gasteiger charge is 2.18. The van der Waals surface area contributed by atoms with Crippen molar-refractivity contribution >= 4 is 44.1 Å². The number of sulfonamides is 1. The zero-order chi connectivity index (χ0) is 26.9. The summed E-state index contributed by atoms with van der Waals surface area (Å²) in [5.74, 6) is 1.17. The van der Waals surface area contributed by atoms with Gasteiger partial charge in [-0.3, -0.25) is 4.31 Å². The Kier molecular flexibility index (Phi) is 7.13. The number of aromatic nitrogens is 3. The van der Waals surface area contributed by atoms with Gasteiger partial charge in [-0.25, -0.2) is 13.4 Å². The van der Waals surface area contributed by atoms with E-state index in [-0.39, 0.29) is 0 Å². The minimum atomic E-state index is -3.39. The molecule has 2 aromatic heterocycles. The molecule has 0 radical (unpaired) electrons. The van der Waals surface area contributed by atoms with Crippen LogP contribution in [0, 0.1) is 0 Å². The Labute approximate surface area is 223 Å². The zero-order valence-corrected chi connectivity index (χ0v) is 22.9. The van der Waals surface area contributed by atoms with Crippen molar-refractivity contribution in [2.45, 2.75) is 6.54 Å². The summed E-state index contributed by atoms with van der Waals surface area (Å²) >= 11 is 0. The quantitative estimate of drug-likeness (QED) is 0.367. The molecule has 0 amide bonds. The topological polar surface area (TPSA) is 95.8 Å². The number of piperazine rings is 1. The highest BCUT2D eigenvalue weighted by Crippen LogP contribution is 2.32. The van der Waals surface area contributed by atoms with E-state index < -0.39 is 10.0 Å². The van der Waals surface area contributed by atoms with Crippen molar-refractivity contribution in [2.75, 3.05) is 68.2 Å². The molecule has 0 aliphatic carbocycles. The fourth-order valence-corrected chi connectivity index (χ4v) is 5.17. The van der Waals surface area contributed by atoms with Crippen molar-refractivity contribution in [3.8, 4) is 5.75 Å². The lowest BCUT2D eigenvalue weighted by molar-refractivity contribution is 0.312. The largest absolute Gasteiger partial charge is 0.494 e. The van der Waals surface area contributed by atoms with Gasteiger partial charge in [-0.2, -0.15) is 4.98 Å². The van der Waals surface area contributed by atoms with Crippen molar-refractivity contribution in [1.29, 1.82) is 0 Å². The van der Waals surface area contributed by atoms with E-state index in [9.17, 15) is 8.42 Å². The van der Waals surface area contributed by atoms with Gasteiger partial charge in [0.1, 0.15) is 11.4 Å². The zero-order valence-electron chi connectivity index (χ0n) is 22.1. The molecule has 200 valence electrons. The van der Waals surface area contributed by atoms with Crippen LogP contribution in [-0.2, 0) is 16.6 Å². The van der Waals surface area contributed by atoms with Crippen molar-refractivity contribution in [3.63, 3.8) is 0 Å². The normalized spacial score (nSPS) is 14.6. The Morgan fingerprint density at radius 3 is 2.58 bits per heavy atom. The summed E-state index contributed by atoms with van der Waals surface area (Å²) in [6, 6.07) is 15.6. The predicted octanol–water partition coefficient (Wildman–Crippen LogP) is 3.38. The number of ether oxygens (including phenoxy) is 1. The molecule has 3 heterocycles. The third-order valence-electron chi connectivity index (χ3n) is 6.97. The summed E-state index contributed by atoms with van der Waals surface area (Å²) in [7, 11) is 1.98. The van der Waals surface area contributed by atoms with Crippen LogP contribution in [0.2, 0.25) is 0 Å². The average molecular weight is 536 g/mol. The SMILES string of the molecule is COc1cc(N2CCN(C)CC2)ccc1Nc1ncc2ccn(Cc3ccccc3N(C)S(C)(=O)=O)c2n1. The predicted molar refractivity (Wildman–Crippen MR) is 152 cm³/mol. The summed E-state index contributed by atoms with van der Waals surface area (Å²) < 4.78 is 33.3. The highest BCUT2D eigenvalue weighted by atomic mass is 32.2. The van der Waals surface area contributed by atoms with Gasteiger partial charge in [0.25, 0.3) is 0 Å². The van der Waals surface area contributed by atoms with Gasteiger partial charge in [-0.1, -0.05) is 18.2 Å². The van der Waals surface area contributed by atoms with Crippen LogP contribution in [0.5, 0.6) is 5.75 Å². The van der Waals surface area contributed by atoms with Crippen LogP contribution < -0.4 is 19.3 Å². The van der Waals surface area contributed by atoms with Crippen molar-refractivity contribution in [3.05, 3.63) is 66.5 Å². The maximum atomic E-state index is 12.2. The smallest absolute Gasteiger partial charge is 0.232 e. The Morgan fingerprint density at radius 2 is 1.84 bits per heavy atom. The van der Waals surface area contributed by atoms with Crippen LogP contribution in [0.1, 0.15) is 5.56 Å². The number of hydrogen-bond donors (Lipinski definition) is 1. The molecule has 4 aromatic rings. The molecular formula is C27H33N7O3S. The molecule has 1 N–H and O–H groups in total. The van der Waals surface area contributed by atoms with Gasteiger partial charge >= 0.3 is 0 Å². The fourth-order valence-electron chi connectivity index (χ4n) is 4.64. The lowest BCUT2D eigenvalue weighted by Gasteiger charge is -2.34. The van der Waals surface area contributed by atoms with E-state index in [1.54, 1.807) is 20.4 Å². The van der Waals surface area contributed by atoms with Gasteiger partial charge < -0.3 is 24.4 Å². The van der Waals surface area contributed by atoms with Crippen LogP contribution in [0.25, 0.3) is 11.0 Å². The molecule has 10 nitrogen and oxygen atoms in total.